The van der Waals surface area contributed by atoms with Crippen LogP contribution in [0.5, 0.6) is 0 Å². The molecular weight excluding hydrogens is 256 g/mol. The van der Waals surface area contributed by atoms with Crippen LogP contribution in [0.3, 0.4) is 0 Å². The van der Waals surface area contributed by atoms with Gasteiger partial charge < -0.3 is 15.6 Å². The lowest BCUT2D eigenvalue weighted by atomic mass is 9.94. The average molecular weight is 282 g/mol. The van der Waals surface area contributed by atoms with E-state index >= 15 is 0 Å². The lowest BCUT2D eigenvalue weighted by Crippen LogP contribution is -2.26. The second kappa shape index (κ2) is 9.47. The standard InChI is InChI=1S/C14H26N4O2/c1-3-4-12(7-9-15)5-6-14(19)16-10-8-13-17-11(2)20-18-13/h12H,3-10,15H2,1-2H3,(H,16,19). The number of nitrogens with two attached hydrogens (primary N) is 1. The van der Waals surface area contributed by atoms with Crippen LogP contribution in [0, 0.1) is 12.8 Å². The van der Waals surface area contributed by atoms with Crippen LogP contribution < -0.4 is 11.1 Å². The first-order chi connectivity index (χ1) is 9.65. The van der Waals surface area contributed by atoms with E-state index in [9.17, 15) is 4.79 Å². The summed E-state index contributed by atoms with van der Waals surface area (Å²) in [5, 5.41) is 6.67. The van der Waals surface area contributed by atoms with Gasteiger partial charge >= 0.3 is 0 Å². The molecule has 0 aliphatic carbocycles. The second-order valence-electron chi connectivity index (χ2n) is 5.10. The Morgan fingerprint density at radius 2 is 2.20 bits per heavy atom. The predicted molar refractivity (Wildman–Crippen MR) is 77.1 cm³/mol. The van der Waals surface area contributed by atoms with Crippen LogP contribution in [-0.4, -0.2) is 29.1 Å². The molecule has 0 saturated carbocycles. The predicted octanol–water partition coefficient (Wildman–Crippen LogP) is 1.58. The minimum absolute atomic E-state index is 0.0864. The molecule has 1 atom stereocenters. The number of hydrogen-bond donors (Lipinski definition) is 2. The van der Waals surface area contributed by atoms with Crippen molar-refractivity contribution >= 4 is 5.91 Å². The molecule has 0 aromatic carbocycles. The first-order valence-corrected chi connectivity index (χ1v) is 7.41. The smallest absolute Gasteiger partial charge is 0.223 e. The summed E-state index contributed by atoms with van der Waals surface area (Å²) >= 11 is 0. The fraction of sp³-hybridized carbons (Fsp3) is 0.786. The largest absolute Gasteiger partial charge is 0.356 e. The zero-order chi connectivity index (χ0) is 14.8. The summed E-state index contributed by atoms with van der Waals surface area (Å²) in [7, 11) is 0. The third-order valence-electron chi connectivity index (χ3n) is 3.29. The zero-order valence-electron chi connectivity index (χ0n) is 12.5. The van der Waals surface area contributed by atoms with Crippen LogP contribution in [0.4, 0.5) is 0 Å². The minimum Gasteiger partial charge on any atom is -0.356 e. The van der Waals surface area contributed by atoms with Crippen LogP contribution in [-0.2, 0) is 11.2 Å². The number of nitrogens with one attached hydrogen (secondary N) is 1. The topological polar surface area (TPSA) is 94.0 Å². The van der Waals surface area contributed by atoms with E-state index in [2.05, 4.69) is 22.4 Å². The third-order valence-corrected chi connectivity index (χ3v) is 3.29. The summed E-state index contributed by atoms with van der Waals surface area (Å²) in [6, 6.07) is 0. The maximum atomic E-state index is 11.7. The fourth-order valence-electron chi connectivity index (χ4n) is 2.26. The van der Waals surface area contributed by atoms with Crippen LogP contribution in [0.1, 0.15) is 50.7 Å². The number of carbonyl (C=O) groups excluding carboxylic acids is 1. The van der Waals surface area contributed by atoms with Gasteiger partial charge in [-0.3, -0.25) is 4.79 Å². The highest BCUT2D eigenvalue weighted by Crippen LogP contribution is 2.16. The van der Waals surface area contributed by atoms with E-state index in [1.165, 1.54) is 0 Å². The van der Waals surface area contributed by atoms with E-state index in [4.69, 9.17) is 10.3 Å². The van der Waals surface area contributed by atoms with Gasteiger partial charge in [-0.25, -0.2) is 0 Å². The molecule has 1 heterocycles. The first kappa shape index (κ1) is 16.6. The summed E-state index contributed by atoms with van der Waals surface area (Å²) in [6.07, 6.45) is 5.37. The summed E-state index contributed by atoms with van der Waals surface area (Å²) < 4.78 is 4.87. The van der Waals surface area contributed by atoms with Crippen LogP contribution >= 0.6 is 0 Å². The van der Waals surface area contributed by atoms with Crippen molar-refractivity contribution in [2.75, 3.05) is 13.1 Å². The van der Waals surface area contributed by atoms with Gasteiger partial charge in [-0.15, -0.1) is 0 Å². The summed E-state index contributed by atoms with van der Waals surface area (Å²) in [5.74, 6) is 1.84. The molecule has 0 spiro atoms. The van der Waals surface area contributed by atoms with E-state index in [-0.39, 0.29) is 5.91 Å². The molecule has 0 bridgehead atoms. The van der Waals surface area contributed by atoms with Gasteiger partial charge in [0.25, 0.3) is 0 Å². The van der Waals surface area contributed by atoms with Gasteiger partial charge in [0.2, 0.25) is 11.8 Å². The van der Waals surface area contributed by atoms with Crippen LogP contribution in [0.2, 0.25) is 0 Å². The van der Waals surface area contributed by atoms with Gasteiger partial charge in [-0.05, 0) is 25.3 Å². The van der Waals surface area contributed by atoms with Gasteiger partial charge in [0.15, 0.2) is 5.82 Å². The molecule has 6 heteroatoms. The minimum atomic E-state index is 0.0864. The van der Waals surface area contributed by atoms with Crippen molar-refractivity contribution in [1.29, 1.82) is 0 Å². The number of hydrogen-bond acceptors (Lipinski definition) is 5. The summed E-state index contributed by atoms with van der Waals surface area (Å²) in [4.78, 5) is 15.8. The molecule has 3 N–H and O–H groups in total. The van der Waals surface area contributed by atoms with Crippen molar-refractivity contribution in [3.05, 3.63) is 11.7 Å². The van der Waals surface area contributed by atoms with E-state index in [1.54, 1.807) is 6.92 Å². The molecule has 1 aromatic heterocycles. The number of amides is 1. The molecule has 0 aliphatic rings. The van der Waals surface area contributed by atoms with Crippen LogP contribution in [0.15, 0.2) is 4.52 Å². The molecule has 114 valence electrons. The number of carbonyl (C=O) groups is 1. The number of aryl methyl sites for hydroxylation is 1. The SMILES string of the molecule is CCCC(CCN)CCC(=O)NCCc1noc(C)n1. The number of rotatable bonds is 10. The monoisotopic (exact) mass is 282 g/mol. The maximum Gasteiger partial charge on any atom is 0.223 e. The van der Waals surface area contributed by atoms with Gasteiger partial charge in [0.05, 0.1) is 0 Å². The highest BCUT2D eigenvalue weighted by molar-refractivity contribution is 5.75. The average Bonchev–Trinajstić information content (AvgIpc) is 2.82. The lowest BCUT2D eigenvalue weighted by Gasteiger charge is -2.14. The van der Waals surface area contributed by atoms with Crippen molar-refractivity contribution in [3.63, 3.8) is 0 Å². The molecule has 1 aromatic rings. The summed E-state index contributed by atoms with van der Waals surface area (Å²) in [6.45, 7) is 5.16. The van der Waals surface area contributed by atoms with E-state index in [0.717, 1.165) is 25.7 Å². The number of nitrogens with zero attached hydrogens (tertiary/aromatic N) is 2. The quantitative estimate of drug-likeness (QED) is 0.679. The Morgan fingerprint density at radius 1 is 1.40 bits per heavy atom. The Bertz CT molecular complexity index is 386. The molecule has 0 aliphatic heterocycles. The Kier molecular flexibility index (Phi) is 7.87. The van der Waals surface area contributed by atoms with E-state index < -0.39 is 0 Å². The van der Waals surface area contributed by atoms with Gasteiger partial charge in [0.1, 0.15) is 0 Å². The number of aromatic nitrogens is 2. The fourth-order valence-corrected chi connectivity index (χ4v) is 2.26. The Hall–Kier alpha value is -1.43. The molecule has 6 nitrogen and oxygen atoms in total. The Balaban J connectivity index is 2.16. The molecule has 0 fully saturated rings. The molecular formula is C14H26N4O2. The molecule has 0 radical (unpaired) electrons. The van der Waals surface area contributed by atoms with E-state index in [1.807, 2.05) is 0 Å². The Morgan fingerprint density at radius 3 is 2.80 bits per heavy atom. The third kappa shape index (κ3) is 6.65. The van der Waals surface area contributed by atoms with Gasteiger partial charge in [0, 0.05) is 26.3 Å². The highest BCUT2D eigenvalue weighted by Gasteiger charge is 2.10. The molecule has 0 saturated heterocycles. The second-order valence-corrected chi connectivity index (χ2v) is 5.10. The van der Waals surface area contributed by atoms with E-state index in [0.29, 0.717) is 43.6 Å². The van der Waals surface area contributed by atoms with Gasteiger partial charge in [-0.1, -0.05) is 24.9 Å². The molecule has 1 amide bonds. The van der Waals surface area contributed by atoms with Crippen molar-refractivity contribution in [3.8, 4) is 0 Å². The van der Waals surface area contributed by atoms with Gasteiger partial charge in [-0.2, -0.15) is 4.98 Å². The summed E-state index contributed by atoms with van der Waals surface area (Å²) in [5.41, 5.74) is 5.59. The van der Waals surface area contributed by atoms with Crippen LogP contribution in [0.25, 0.3) is 0 Å². The van der Waals surface area contributed by atoms with Crippen molar-refractivity contribution in [1.82, 2.24) is 15.5 Å². The Labute approximate surface area is 120 Å². The maximum absolute atomic E-state index is 11.7. The van der Waals surface area contributed by atoms with Crippen molar-refractivity contribution in [2.24, 2.45) is 11.7 Å². The molecule has 20 heavy (non-hydrogen) atoms. The lowest BCUT2D eigenvalue weighted by molar-refractivity contribution is -0.121. The molecule has 1 rings (SSSR count). The molecule has 1 unspecified atom stereocenters. The highest BCUT2D eigenvalue weighted by atomic mass is 16.5. The van der Waals surface area contributed by atoms with Crippen molar-refractivity contribution < 1.29 is 9.32 Å². The normalized spacial score (nSPS) is 12.3. The first-order valence-electron chi connectivity index (χ1n) is 7.41. The van der Waals surface area contributed by atoms with Crippen molar-refractivity contribution in [2.45, 2.75) is 52.4 Å². The zero-order valence-corrected chi connectivity index (χ0v) is 12.5.